The molecule has 0 radical (unpaired) electrons. The van der Waals surface area contributed by atoms with Gasteiger partial charge >= 0.3 is 6.03 Å². The Hall–Kier alpha value is -1.17. The highest BCUT2D eigenvalue weighted by Gasteiger charge is 2.27. The number of urea groups is 1. The minimum atomic E-state index is -0.205. The van der Waals surface area contributed by atoms with Crippen molar-refractivity contribution >= 4 is 34.9 Å². The molecular weight excluding hydrogens is 325 g/mol. The van der Waals surface area contributed by atoms with E-state index in [9.17, 15) is 4.79 Å². The summed E-state index contributed by atoms with van der Waals surface area (Å²) in [5.41, 5.74) is 0.930. The molecule has 0 bridgehead atoms. The summed E-state index contributed by atoms with van der Waals surface area (Å²) in [6.07, 6.45) is 0.853. The maximum Gasteiger partial charge on any atom is 0.317 e. The summed E-state index contributed by atoms with van der Waals surface area (Å²) in [5, 5.41) is 13.3. The number of nitrogens with zero attached hydrogens (tertiary/aromatic N) is 2. The Morgan fingerprint density at radius 2 is 2.27 bits per heavy atom. The molecule has 1 fully saturated rings. The molecule has 1 saturated heterocycles. The molecular formula is C15H21Cl2N3O2. The Morgan fingerprint density at radius 3 is 2.91 bits per heavy atom. The lowest BCUT2D eigenvalue weighted by Crippen LogP contribution is -2.48. The fourth-order valence-corrected chi connectivity index (χ4v) is 2.96. The number of benzene rings is 1. The number of nitrogens with one attached hydrogen (secondary N) is 1. The lowest BCUT2D eigenvalue weighted by atomic mass is 10.2. The van der Waals surface area contributed by atoms with Crippen molar-refractivity contribution in [2.24, 2.45) is 0 Å². The number of amides is 2. The zero-order chi connectivity index (χ0) is 16.3. The maximum absolute atomic E-state index is 12.1. The van der Waals surface area contributed by atoms with Crippen LogP contribution < -0.4 is 10.2 Å². The quantitative estimate of drug-likeness (QED) is 0.881. The molecule has 0 unspecified atom stereocenters. The van der Waals surface area contributed by atoms with Gasteiger partial charge in [0.15, 0.2) is 0 Å². The normalized spacial score (nSPS) is 19.1. The van der Waals surface area contributed by atoms with E-state index in [4.69, 9.17) is 28.3 Å². The first-order valence-electron chi connectivity index (χ1n) is 7.26. The van der Waals surface area contributed by atoms with Crippen molar-refractivity contribution in [3.8, 4) is 0 Å². The number of rotatable bonds is 4. The monoisotopic (exact) mass is 345 g/mol. The lowest BCUT2D eigenvalue weighted by molar-refractivity contribution is 0.155. The highest BCUT2D eigenvalue weighted by atomic mass is 35.5. The molecule has 1 aliphatic rings. The van der Waals surface area contributed by atoms with Gasteiger partial charge in [-0.1, -0.05) is 23.2 Å². The predicted octanol–water partition coefficient (Wildman–Crippen LogP) is 2.59. The summed E-state index contributed by atoms with van der Waals surface area (Å²) in [7, 11) is 1.68. The summed E-state index contributed by atoms with van der Waals surface area (Å²) in [6.45, 7) is 3.27. The first kappa shape index (κ1) is 17.2. The minimum Gasteiger partial charge on any atom is -0.394 e. The van der Waals surface area contributed by atoms with Crippen molar-refractivity contribution in [2.45, 2.75) is 25.4 Å². The van der Waals surface area contributed by atoms with Crippen LogP contribution in [0, 0.1) is 0 Å². The van der Waals surface area contributed by atoms with Crippen molar-refractivity contribution in [1.82, 2.24) is 10.2 Å². The molecule has 2 N–H and O–H groups in total. The third-order valence-electron chi connectivity index (χ3n) is 4.01. The Kier molecular flexibility index (Phi) is 5.78. The third-order valence-corrected chi connectivity index (χ3v) is 4.55. The Morgan fingerprint density at radius 1 is 1.55 bits per heavy atom. The summed E-state index contributed by atoms with van der Waals surface area (Å²) >= 11 is 12.1. The highest BCUT2D eigenvalue weighted by Crippen LogP contribution is 2.31. The van der Waals surface area contributed by atoms with E-state index >= 15 is 0 Å². The zero-order valence-electron chi connectivity index (χ0n) is 12.7. The molecule has 1 aliphatic heterocycles. The van der Waals surface area contributed by atoms with Crippen LogP contribution in [0.3, 0.4) is 0 Å². The van der Waals surface area contributed by atoms with E-state index in [1.54, 1.807) is 20.0 Å². The number of likely N-dealkylation sites (N-methyl/N-ethyl adjacent to an activating group) is 1. The molecule has 1 aromatic carbocycles. The Balaban J connectivity index is 1.94. The number of hydrogen-bond donors (Lipinski definition) is 2. The number of anilines is 1. The van der Waals surface area contributed by atoms with Crippen molar-refractivity contribution in [3.05, 3.63) is 28.2 Å². The van der Waals surface area contributed by atoms with E-state index in [0.717, 1.165) is 18.7 Å². The largest absolute Gasteiger partial charge is 0.394 e. The van der Waals surface area contributed by atoms with Gasteiger partial charge in [-0.25, -0.2) is 4.79 Å². The van der Waals surface area contributed by atoms with Gasteiger partial charge in [0, 0.05) is 31.2 Å². The molecule has 0 aliphatic carbocycles. The van der Waals surface area contributed by atoms with Gasteiger partial charge in [0.1, 0.15) is 0 Å². The third kappa shape index (κ3) is 3.97. The number of aliphatic hydroxyl groups excluding tert-OH is 1. The van der Waals surface area contributed by atoms with Crippen molar-refractivity contribution in [2.75, 3.05) is 31.6 Å². The molecule has 2 amide bonds. The second kappa shape index (κ2) is 7.40. The standard InChI is InChI=1S/C15H21Cl2N3O2/c1-10(9-21)19(2)15(22)18-12-5-6-20(8-12)14-4-3-11(16)7-13(14)17/h3-4,7,10,12,21H,5-6,8-9H2,1-2H3,(H,18,22)/t10-,12+/m0/s1. The molecule has 22 heavy (non-hydrogen) atoms. The van der Waals surface area contributed by atoms with Gasteiger partial charge in [-0.15, -0.1) is 0 Å². The van der Waals surface area contributed by atoms with E-state index in [0.29, 0.717) is 16.6 Å². The van der Waals surface area contributed by atoms with Crippen molar-refractivity contribution < 1.29 is 9.90 Å². The molecule has 0 spiro atoms. The number of aliphatic hydroxyl groups is 1. The van der Waals surface area contributed by atoms with Gasteiger partial charge in [0.05, 0.1) is 23.4 Å². The van der Waals surface area contributed by atoms with Crippen LogP contribution in [0.1, 0.15) is 13.3 Å². The molecule has 1 heterocycles. The van der Waals surface area contributed by atoms with Crippen LogP contribution in [0.2, 0.25) is 10.0 Å². The van der Waals surface area contributed by atoms with E-state index in [1.165, 1.54) is 4.90 Å². The van der Waals surface area contributed by atoms with Crippen LogP contribution in [0.4, 0.5) is 10.5 Å². The molecule has 2 rings (SSSR count). The van der Waals surface area contributed by atoms with Crippen LogP contribution in [-0.2, 0) is 0 Å². The average Bonchev–Trinajstić information content (AvgIpc) is 2.93. The van der Waals surface area contributed by atoms with Crippen molar-refractivity contribution in [1.29, 1.82) is 0 Å². The van der Waals surface area contributed by atoms with E-state index < -0.39 is 0 Å². The van der Waals surface area contributed by atoms with Gasteiger partial charge < -0.3 is 20.2 Å². The second-order valence-corrected chi connectivity index (χ2v) is 6.46. The predicted molar refractivity (Wildman–Crippen MR) is 89.9 cm³/mol. The second-order valence-electron chi connectivity index (χ2n) is 5.62. The number of carbonyl (C=O) groups excluding carboxylic acids is 1. The van der Waals surface area contributed by atoms with E-state index in [1.807, 2.05) is 12.1 Å². The molecule has 2 atom stereocenters. The summed E-state index contributed by atoms with van der Waals surface area (Å²) in [4.78, 5) is 15.7. The van der Waals surface area contributed by atoms with Crippen LogP contribution in [-0.4, -0.2) is 54.9 Å². The highest BCUT2D eigenvalue weighted by molar-refractivity contribution is 6.36. The summed E-state index contributed by atoms with van der Waals surface area (Å²) in [6, 6.07) is 5.12. The van der Waals surface area contributed by atoms with Gasteiger partial charge in [-0.2, -0.15) is 0 Å². The Labute approximate surface area is 140 Å². The van der Waals surface area contributed by atoms with Gasteiger partial charge in [-0.3, -0.25) is 0 Å². The Bertz CT molecular complexity index is 542. The molecule has 0 aromatic heterocycles. The van der Waals surface area contributed by atoms with Gasteiger partial charge in [0.25, 0.3) is 0 Å². The van der Waals surface area contributed by atoms with Gasteiger partial charge in [0.2, 0.25) is 0 Å². The summed E-state index contributed by atoms with van der Waals surface area (Å²) < 4.78 is 0. The fourth-order valence-electron chi connectivity index (χ4n) is 2.43. The van der Waals surface area contributed by atoms with E-state index in [2.05, 4.69) is 10.2 Å². The van der Waals surface area contributed by atoms with Crippen LogP contribution in [0.25, 0.3) is 0 Å². The topological polar surface area (TPSA) is 55.8 Å². The van der Waals surface area contributed by atoms with Gasteiger partial charge in [-0.05, 0) is 31.5 Å². The van der Waals surface area contributed by atoms with Crippen molar-refractivity contribution in [3.63, 3.8) is 0 Å². The molecule has 122 valence electrons. The maximum atomic E-state index is 12.1. The van der Waals surface area contributed by atoms with Crippen LogP contribution >= 0.6 is 23.2 Å². The minimum absolute atomic E-state index is 0.0545. The first-order valence-corrected chi connectivity index (χ1v) is 8.02. The number of halogens is 2. The molecule has 0 saturated carbocycles. The average molecular weight is 346 g/mol. The van der Waals surface area contributed by atoms with Crippen LogP contribution in [0.5, 0.6) is 0 Å². The van der Waals surface area contributed by atoms with Crippen LogP contribution in [0.15, 0.2) is 18.2 Å². The molecule has 1 aromatic rings. The summed E-state index contributed by atoms with van der Waals surface area (Å²) in [5.74, 6) is 0. The molecule has 5 nitrogen and oxygen atoms in total. The fraction of sp³-hybridized carbons (Fsp3) is 0.533. The number of carbonyl (C=O) groups is 1. The SMILES string of the molecule is C[C@@H](CO)N(C)C(=O)N[C@@H]1CCN(c2ccc(Cl)cc2Cl)C1. The van der Waals surface area contributed by atoms with E-state index in [-0.39, 0.29) is 24.7 Å². The molecule has 7 heteroatoms. The lowest BCUT2D eigenvalue weighted by Gasteiger charge is -2.26. The smallest absolute Gasteiger partial charge is 0.317 e. The number of hydrogen-bond acceptors (Lipinski definition) is 3. The zero-order valence-corrected chi connectivity index (χ0v) is 14.2. The first-order chi connectivity index (χ1) is 10.4.